The van der Waals surface area contributed by atoms with Gasteiger partial charge in [-0.15, -0.1) is 12.4 Å². The molecule has 2 N–H and O–H groups in total. The number of aromatic nitrogens is 1. The highest BCUT2D eigenvalue weighted by Gasteiger charge is 2.16. The molecule has 0 fully saturated rings. The van der Waals surface area contributed by atoms with Gasteiger partial charge in [0, 0.05) is 12.4 Å². The Kier molecular flexibility index (Phi) is 4.70. The molecule has 0 aromatic carbocycles. The van der Waals surface area contributed by atoms with Crippen LogP contribution in [0.2, 0.25) is 0 Å². The van der Waals surface area contributed by atoms with Crippen molar-refractivity contribution in [1.29, 1.82) is 0 Å². The first-order valence-corrected chi connectivity index (χ1v) is 3.15. The number of nitrogens with two attached hydrogens (primary N) is 1. The summed E-state index contributed by atoms with van der Waals surface area (Å²) in [7, 11) is 0. The molecule has 0 aliphatic carbocycles. The summed E-state index contributed by atoms with van der Waals surface area (Å²) in [6, 6.07) is 1.77. The molecule has 1 aromatic rings. The zero-order valence-corrected chi connectivity index (χ0v) is 6.97. The van der Waals surface area contributed by atoms with Crippen molar-refractivity contribution >= 4 is 12.4 Å². The summed E-state index contributed by atoms with van der Waals surface area (Å²) in [4.78, 5) is 3.69. The molecular weight excluding hydrogens is 186 g/mol. The van der Waals surface area contributed by atoms with Crippen LogP contribution in [0.15, 0.2) is 24.5 Å². The minimum atomic E-state index is -2.52. The van der Waals surface area contributed by atoms with Crippen LogP contribution in [0, 0.1) is 0 Å². The quantitative estimate of drug-likeness (QED) is 0.780. The predicted octanol–water partition coefficient (Wildman–Crippen LogP) is 1.77. The monoisotopic (exact) mass is 194 g/mol. The summed E-state index contributed by atoms with van der Waals surface area (Å²) < 4.78 is 23.9. The van der Waals surface area contributed by atoms with Gasteiger partial charge >= 0.3 is 0 Å². The molecule has 0 bridgehead atoms. The molecule has 12 heavy (non-hydrogen) atoms. The molecule has 0 saturated carbocycles. The summed E-state index contributed by atoms with van der Waals surface area (Å²) in [6.07, 6.45) is 0.368. The van der Waals surface area contributed by atoms with Gasteiger partial charge in [-0.25, -0.2) is 8.78 Å². The molecule has 5 heteroatoms. The summed E-state index contributed by atoms with van der Waals surface area (Å²) >= 11 is 0. The van der Waals surface area contributed by atoms with Crippen LogP contribution in [0.25, 0.3) is 0 Å². The van der Waals surface area contributed by atoms with E-state index in [1.54, 1.807) is 0 Å². The van der Waals surface area contributed by atoms with Crippen LogP contribution in [-0.4, -0.2) is 11.4 Å². The standard InChI is InChI=1S/C7H8F2N2.ClH/c8-7(9)6(10)5-1-3-11-4-2-5;/h1-4,6-7H,10H2;1H/t6-;/m0./s1. The van der Waals surface area contributed by atoms with Crippen molar-refractivity contribution in [2.24, 2.45) is 5.73 Å². The normalized spacial score (nSPS) is 12.3. The molecule has 2 nitrogen and oxygen atoms in total. The van der Waals surface area contributed by atoms with Crippen molar-refractivity contribution < 1.29 is 8.78 Å². The van der Waals surface area contributed by atoms with Gasteiger partial charge in [-0.05, 0) is 17.7 Å². The third-order valence-electron chi connectivity index (χ3n) is 1.36. The highest BCUT2D eigenvalue weighted by Crippen LogP contribution is 2.15. The number of rotatable bonds is 2. The lowest BCUT2D eigenvalue weighted by Crippen LogP contribution is -2.18. The van der Waals surface area contributed by atoms with Gasteiger partial charge in [0.2, 0.25) is 0 Å². The van der Waals surface area contributed by atoms with E-state index in [-0.39, 0.29) is 12.4 Å². The number of halogens is 3. The number of hydrogen-bond donors (Lipinski definition) is 1. The minimum Gasteiger partial charge on any atom is -0.319 e. The molecule has 0 spiro atoms. The van der Waals surface area contributed by atoms with Gasteiger partial charge in [0.05, 0.1) is 6.04 Å². The number of hydrogen-bond acceptors (Lipinski definition) is 2. The van der Waals surface area contributed by atoms with Crippen molar-refractivity contribution in [3.8, 4) is 0 Å². The van der Waals surface area contributed by atoms with Crippen LogP contribution in [0.5, 0.6) is 0 Å². The van der Waals surface area contributed by atoms with Crippen molar-refractivity contribution in [3.63, 3.8) is 0 Å². The molecular formula is C7H9ClF2N2. The first-order chi connectivity index (χ1) is 5.22. The Balaban J connectivity index is 0.00000121. The lowest BCUT2D eigenvalue weighted by molar-refractivity contribution is 0.116. The average molecular weight is 195 g/mol. The van der Waals surface area contributed by atoms with Gasteiger partial charge in [-0.3, -0.25) is 4.98 Å². The fourth-order valence-corrected chi connectivity index (χ4v) is 0.731. The van der Waals surface area contributed by atoms with E-state index < -0.39 is 12.5 Å². The van der Waals surface area contributed by atoms with Crippen LogP contribution in [0.4, 0.5) is 8.78 Å². The zero-order valence-electron chi connectivity index (χ0n) is 6.15. The lowest BCUT2D eigenvalue weighted by Gasteiger charge is -2.08. The van der Waals surface area contributed by atoms with E-state index in [1.165, 1.54) is 24.5 Å². The molecule has 1 rings (SSSR count). The van der Waals surface area contributed by atoms with Crippen molar-refractivity contribution in [3.05, 3.63) is 30.1 Å². The number of pyridine rings is 1. The highest BCUT2D eigenvalue weighted by atomic mass is 35.5. The summed E-state index contributed by atoms with van der Waals surface area (Å²) in [6.45, 7) is 0. The Bertz CT molecular complexity index is 218. The van der Waals surface area contributed by atoms with Gasteiger partial charge in [0.15, 0.2) is 0 Å². The van der Waals surface area contributed by atoms with E-state index in [0.29, 0.717) is 5.56 Å². The average Bonchev–Trinajstić information content (AvgIpc) is 2.05. The molecule has 0 saturated heterocycles. The maximum Gasteiger partial charge on any atom is 0.257 e. The number of alkyl halides is 2. The molecule has 1 heterocycles. The Morgan fingerprint density at radius 2 is 1.75 bits per heavy atom. The minimum absolute atomic E-state index is 0. The smallest absolute Gasteiger partial charge is 0.257 e. The first-order valence-electron chi connectivity index (χ1n) is 3.15. The number of nitrogens with zero attached hydrogens (tertiary/aromatic N) is 1. The second kappa shape index (κ2) is 5.00. The molecule has 68 valence electrons. The van der Waals surface area contributed by atoms with Gasteiger partial charge in [-0.1, -0.05) is 0 Å². The Labute approximate surface area is 75.2 Å². The SMILES string of the molecule is Cl.N[C@@H](c1ccncc1)C(F)F. The predicted molar refractivity (Wildman–Crippen MR) is 44.4 cm³/mol. The van der Waals surface area contributed by atoms with Crippen LogP contribution < -0.4 is 5.73 Å². The summed E-state index contributed by atoms with van der Waals surface area (Å²) in [5.74, 6) is 0. The largest absolute Gasteiger partial charge is 0.319 e. The highest BCUT2D eigenvalue weighted by molar-refractivity contribution is 5.85. The maximum absolute atomic E-state index is 12.0. The Morgan fingerprint density at radius 1 is 1.25 bits per heavy atom. The zero-order chi connectivity index (χ0) is 8.27. The van der Waals surface area contributed by atoms with Crippen LogP contribution in [-0.2, 0) is 0 Å². The van der Waals surface area contributed by atoms with Crippen molar-refractivity contribution in [1.82, 2.24) is 4.98 Å². The third-order valence-corrected chi connectivity index (χ3v) is 1.36. The van der Waals surface area contributed by atoms with E-state index >= 15 is 0 Å². The molecule has 0 aliphatic heterocycles. The van der Waals surface area contributed by atoms with E-state index in [9.17, 15) is 8.78 Å². The van der Waals surface area contributed by atoms with Crippen molar-refractivity contribution in [2.45, 2.75) is 12.5 Å². The van der Waals surface area contributed by atoms with Gasteiger partial charge in [0.25, 0.3) is 6.43 Å². The van der Waals surface area contributed by atoms with Gasteiger partial charge in [0.1, 0.15) is 0 Å². The van der Waals surface area contributed by atoms with E-state index in [0.717, 1.165) is 0 Å². The third kappa shape index (κ3) is 2.71. The van der Waals surface area contributed by atoms with Crippen LogP contribution >= 0.6 is 12.4 Å². The summed E-state index contributed by atoms with van der Waals surface area (Å²) in [5, 5.41) is 0. The Morgan fingerprint density at radius 3 is 2.17 bits per heavy atom. The second-order valence-corrected chi connectivity index (χ2v) is 2.14. The van der Waals surface area contributed by atoms with Gasteiger partial charge in [-0.2, -0.15) is 0 Å². The molecule has 0 radical (unpaired) electrons. The van der Waals surface area contributed by atoms with Crippen LogP contribution in [0.1, 0.15) is 11.6 Å². The maximum atomic E-state index is 12.0. The first kappa shape index (κ1) is 11.3. The fraction of sp³-hybridized carbons (Fsp3) is 0.286. The van der Waals surface area contributed by atoms with E-state index in [1.807, 2.05) is 0 Å². The molecule has 0 unspecified atom stereocenters. The molecule has 1 atom stereocenters. The van der Waals surface area contributed by atoms with Gasteiger partial charge < -0.3 is 5.73 Å². The second-order valence-electron chi connectivity index (χ2n) is 2.14. The van der Waals surface area contributed by atoms with Crippen LogP contribution in [0.3, 0.4) is 0 Å². The van der Waals surface area contributed by atoms with Crippen molar-refractivity contribution in [2.75, 3.05) is 0 Å². The lowest BCUT2D eigenvalue weighted by atomic mass is 10.1. The Hall–Kier alpha value is -0.740. The fourth-order valence-electron chi connectivity index (χ4n) is 0.731. The topological polar surface area (TPSA) is 38.9 Å². The molecule has 1 aromatic heterocycles. The van der Waals surface area contributed by atoms with E-state index in [2.05, 4.69) is 4.98 Å². The van der Waals surface area contributed by atoms with E-state index in [4.69, 9.17) is 5.73 Å². The molecule has 0 aliphatic rings. The molecule has 0 amide bonds. The summed E-state index contributed by atoms with van der Waals surface area (Å²) in [5.41, 5.74) is 5.57.